The monoisotopic (exact) mass is 311 g/mol. The van der Waals surface area contributed by atoms with Crippen molar-refractivity contribution in [3.8, 4) is 0 Å². The van der Waals surface area contributed by atoms with Crippen LogP contribution in [0.15, 0.2) is 0 Å². The summed E-state index contributed by atoms with van der Waals surface area (Å²) in [6.07, 6.45) is 7.29. The standard InChI is InChI=1S/C19H37NO2/c1-6-13-20(7-2)14-10-17-15-21-19(22-17)11-8-16(9-12-19)18(3,4)5/h16-17H,6-15H2,1-5H3. The maximum Gasteiger partial charge on any atom is 0.168 e. The molecule has 0 radical (unpaired) electrons. The molecule has 3 nitrogen and oxygen atoms in total. The number of hydrogen-bond donors (Lipinski definition) is 0. The summed E-state index contributed by atoms with van der Waals surface area (Å²) in [5.41, 5.74) is 0.418. The maximum atomic E-state index is 6.38. The first-order chi connectivity index (χ1) is 10.4. The van der Waals surface area contributed by atoms with Crippen molar-refractivity contribution in [2.75, 3.05) is 26.2 Å². The van der Waals surface area contributed by atoms with Crippen LogP contribution in [0, 0.1) is 11.3 Å². The average Bonchev–Trinajstić information content (AvgIpc) is 2.86. The van der Waals surface area contributed by atoms with E-state index in [1.165, 1.54) is 25.8 Å². The van der Waals surface area contributed by atoms with Gasteiger partial charge in [0.15, 0.2) is 5.79 Å². The largest absolute Gasteiger partial charge is 0.347 e. The number of ether oxygens (including phenoxy) is 2. The molecule has 3 heteroatoms. The number of hydrogen-bond acceptors (Lipinski definition) is 3. The Balaban J connectivity index is 1.76. The maximum absolute atomic E-state index is 6.38. The molecule has 22 heavy (non-hydrogen) atoms. The van der Waals surface area contributed by atoms with Gasteiger partial charge < -0.3 is 14.4 Å². The van der Waals surface area contributed by atoms with Gasteiger partial charge in [-0.05, 0) is 50.1 Å². The zero-order valence-electron chi connectivity index (χ0n) is 15.5. The minimum Gasteiger partial charge on any atom is -0.347 e. The van der Waals surface area contributed by atoms with Crippen LogP contribution in [0.3, 0.4) is 0 Å². The van der Waals surface area contributed by atoms with Crippen LogP contribution in [-0.2, 0) is 9.47 Å². The first-order valence-electron chi connectivity index (χ1n) is 9.42. The molecule has 1 spiro atoms. The van der Waals surface area contributed by atoms with E-state index in [-0.39, 0.29) is 5.79 Å². The molecule has 0 aromatic carbocycles. The smallest absolute Gasteiger partial charge is 0.168 e. The molecule has 0 N–H and O–H groups in total. The van der Waals surface area contributed by atoms with Gasteiger partial charge in [-0.25, -0.2) is 0 Å². The summed E-state index contributed by atoms with van der Waals surface area (Å²) in [5.74, 6) is 0.568. The summed E-state index contributed by atoms with van der Waals surface area (Å²) in [7, 11) is 0. The second-order valence-electron chi connectivity index (χ2n) is 8.32. The van der Waals surface area contributed by atoms with Crippen LogP contribution in [-0.4, -0.2) is 43.0 Å². The van der Waals surface area contributed by atoms with Crippen molar-refractivity contribution in [3.05, 3.63) is 0 Å². The van der Waals surface area contributed by atoms with E-state index in [0.29, 0.717) is 11.5 Å². The van der Waals surface area contributed by atoms with Gasteiger partial charge in [0.05, 0.1) is 12.7 Å². The van der Waals surface area contributed by atoms with Gasteiger partial charge in [-0.1, -0.05) is 34.6 Å². The van der Waals surface area contributed by atoms with Crippen LogP contribution in [0.2, 0.25) is 0 Å². The minimum atomic E-state index is -0.242. The second kappa shape index (κ2) is 7.63. The normalized spacial score (nSPS) is 33.0. The summed E-state index contributed by atoms with van der Waals surface area (Å²) in [6, 6.07) is 0. The lowest BCUT2D eigenvalue weighted by molar-refractivity contribution is -0.197. The molecule has 2 rings (SSSR count). The fourth-order valence-corrected chi connectivity index (χ4v) is 4.02. The Kier molecular flexibility index (Phi) is 6.32. The fourth-order valence-electron chi connectivity index (χ4n) is 4.02. The molecular formula is C19H37NO2. The molecule has 1 saturated carbocycles. The van der Waals surface area contributed by atoms with Crippen molar-refractivity contribution in [2.24, 2.45) is 11.3 Å². The third-order valence-corrected chi connectivity index (χ3v) is 5.64. The molecular weight excluding hydrogens is 274 g/mol. The van der Waals surface area contributed by atoms with Crippen molar-refractivity contribution >= 4 is 0 Å². The molecule has 1 saturated heterocycles. The highest BCUT2D eigenvalue weighted by Crippen LogP contribution is 2.45. The Hall–Kier alpha value is -0.120. The van der Waals surface area contributed by atoms with Crippen molar-refractivity contribution in [2.45, 2.75) is 85.0 Å². The number of rotatable bonds is 6. The topological polar surface area (TPSA) is 21.7 Å². The van der Waals surface area contributed by atoms with E-state index >= 15 is 0 Å². The van der Waals surface area contributed by atoms with Crippen LogP contribution in [0.1, 0.15) is 73.1 Å². The van der Waals surface area contributed by atoms with Crippen molar-refractivity contribution < 1.29 is 9.47 Å². The minimum absolute atomic E-state index is 0.242. The summed E-state index contributed by atoms with van der Waals surface area (Å²) in [5, 5.41) is 0. The van der Waals surface area contributed by atoms with E-state index in [4.69, 9.17) is 9.47 Å². The molecule has 0 bridgehead atoms. The average molecular weight is 312 g/mol. The van der Waals surface area contributed by atoms with Gasteiger partial charge in [0, 0.05) is 19.4 Å². The van der Waals surface area contributed by atoms with E-state index in [2.05, 4.69) is 39.5 Å². The van der Waals surface area contributed by atoms with Gasteiger partial charge in [0.25, 0.3) is 0 Å². The van der Waals surface area contributed by atoms with Crippen molar-refractivity contribution in [1.29, 1.82) is 0 Å². The van der Waals surface area contributed by atoms with Crippen LogP contribution in [0.25, 0.3) is 0 Å². The van der Waals surface area contributed by atoms with Gasteiger partial charge in [0.1, 0.15) is 0 Å². The van der Waals surface area contributed by atoms with E-state index in [1.54, 1.807) is 0 Å². The summed E-state index contributed by atoms with van der Waals surface area (Å²) < 4.78 is 12.5. The van der Waals surface area contributed by atoms with Crippen LogP contribution in [0.4, 0.5) is 0 Å². The van der Waals surface area contributed by atoms with Gasteiger partial charge >= 0.3 is 0 Å². The van der Waals surface area contributed by atoms with Gasteiger partial charge in [-0.2, -0.15) is 0 Å². The third-order valence-electron chi connectivity index (χ3n) is 5.64. The van der Waals surface area contributed by atoms with Gasteiger partial charge in [-0.3, -0.25) is 0 Å². The van der Waals surface area contributed by atoms with Crippen molar-refractivity contribution in [1.82, 2.24) is 4.90 Å². The lowest BCUT2D eigenvalue weighted by Crippen LogP contribution is -2.39. The first-order valence-corrected chi connectivity index (χ1v) is 9.42. The molecule has 0 aromatic rings. The zero-order valence-corrected chi connectivity index (χ0v) is 15.5. The molecule has 0 aromatic heterocycles. The highest BCUT2D eigenvalue weighted by Gasteiger charge is 2.45. The van der Waals surface area contributed by atoms with Crippen LogP contribution >= 0.6 is 0 Å². The Morgan fingerprint density at radius 3 is 2.32 bits per heavy atom. The fraction of sp³-hybridized carbons (Fsp3) is 1.00. The Bertz CT molecular complexity index is 329. The van der Waals surface area contributed by atoms with Gasteiger partial charge in [0.2, 0.25) is 0 Å². The van der Waals surface area contributed by atoms with E-state index in [9.17, 15) is 0 Å². The quantitative estimate of drug-likeness (QED) is 0.723. The van der Waals surface area contributed by atoms with Crippen LogP contribution < -0.4 is 0 Å². The first kappa shape index (κ1) is 18.2. The molecule has 0 amide bonds. The molecule has 1 aliphatic heterocycles. The highest BCUT2D eigenvalue weighted by atomic mass is 16.7. The third kappa shape index (κ3) is 4.69. The molecule has 2 fully saturated rings. The molecule has 1 heterocycles. The molecule has 1 atom stereocenters. The van der Waals surface area contributed by atoms with E-state index < -0.39 is 0 Å². The Morgan fingerprint density at radius 2 is 1.77 bits per heavy atom. The summed E-state index contributed by atoms with van der Waals surface area (Å²) >= 11 is 0. The number of nitrogens with zero attached hydrogens (tertiary/aromatic N) is 1. The predicted molar refractivity (Wildman–Crippen MR) is 92.0 cm³/mol. The van der Waals surface area contributed by atoms with Crippen LogP contribution in [0.5, 0.6) is 0 Å². The Labute approximate surface area is 137 Å². The second-order valence-corrected chi connectivity index (χ2v) is 8.32. The van der Waals surface area contributed by atoms with Crippen molar-refractivity contribution in [3.63, 3.8) is 0 Å². The molecule has 1 unspecified atom stereocenters. The molecule has 1 aliphatic carbocycles. The van der Waals surface area contributed by atoms with E-state index in [0.717, 1.165) is 44.9 Å². The Morgan fingerprint density at radius 1 is 1.09 bits per heavy atom. The molecule has 130 valence electrons. The lowest BCUT2D eigenvalue weighted by Gasteiger charge is -2.41. The van der Waals surface area contributed by atoms with E-state index in [1.807, 2.05) is 0 Å². The van der Waals surface area contributed by atoms with Gasteiger partial charge in [-0.15, -0.1) is 0 Å². The summed E-state index contributed by atoms with van der Waals surface area (Å²) in [4.78, 5) is 2.52. The lowest BCUT2D eigenvalue weighted by atomic mass is 9.71. The predicted octanol–water partition coefficient (Wildman–Crippen LogP) is 4.46. The SMILES string of the molecule is CCCN(CC)CCC1COC2(CCC(C(C)(C)C)CC2)O1. The summed E-state index contributed by atoms with van der Waals surface area (Å²) in [6.45, 7) is 15.9. The highest BCUT2D eigenvalue weighted by molar-refractivity contribution is 4.88. The molecule has 2 aliphatic rings. The zero-order chi connectivity index (χ0) is 16.2.